The van der Waals surface area contributed by atoms with Crippen LogP contribution in [0.2, 0.25) is 0 Å². The maximum atomic E-state index is 13.4. The molecule has 4 aromatic rings. The summed E-state index contributed by atoms with van der Waals surface area (Å²) in [6.45, 7) is 1.69. The summed E-state index contributed by atoms with van der Waals surface area (Å²) in [5.41, 5.74) is 1.35. The summed E-state index contributed by atoms with van der Waals surface area (Å²) < 4.78 is 18.2. The number of rotatable bonds is 10. The van der Waals surface area contributed by atoms with E-state index in [1.165, 1.54) is 0 Å². The Hall–Kier alpha value is -4.67. The lowest BCUT2D eigenvalue weighted by Gasteiger charge is -2.40. The number of carbonyl (C=O) groups excluding carboxylic acids is 2. The van der Waals surface area contributed by atoms with E-state index in [0.29, 0.717) is 35.8 Å². The second kappa shape index (κ2) is 12.4. The van der Waals surface area contributed by atoms with Crippen LogP contribution in [-0.2, 0) is 14.3 Å². The Morgan fingerprint density at radius 3 is 2.24 bits per heavy atom. The lowest BCUT2D eigenvalue weighted by Crippen LogP contribution is -2.46. The molecule has 0 spiro atoms. The molecule has 3 saturated heterocycles. The molecular formula is C38H36N2O5. The van der Waals surface area contributed by atoms with Gasteiger partial charge in [0, 0.05) is 47.8 Å². The molecule has 228 valence electrons. The van der Waals surface area contributed by atoms with E-state index in [2.05, 4.69) is 23.1 Å². The van der Waals surface area contributed by atoms with E-state index in [0.717, 1.165) is 42.4 Å². The van der Waals surface area contributed by atoms with E-state index < -0.39 is 5.60 Å². The van der Waals surface area contributed by atoms with Crippen molar-refractivity contribution in [1.82, 2.24) is 0 Å². The zero-order valence-electron chi connectivity index (χ0n) is 25.1. The van der Waals surface area contributed by atoms with Crippen molar-refractivity contribution in [3.8, 4) is 17.6 Å². The summed E-state index contributed by atoms with van der Waals surface area (Å²) in [7, 11) is 0. The zero-order chi connectivity index (χ0) is 30.8. The maximum absolute atomic E-state index is 13.4. The molecule has 3 aliphatic heterocycles. The Labute approximate surface area is 263 Å². The van der Waals surface area contributed by atoms with Gasteiger partial charge in [0.2, 0.25) is 0 Å². The molecule has 0 aliphatic carbocycles. The summed E-state index contributed by atoms with van der Waals surface area (Å²) in [5, 5.41) is 11.7. The van der Waals surface area contributed by atoms with E-state index >= 15 is 0 Å². The van der Waals surface area contributed by atoms with E-state index in [1.807, 2.05) is 60.7 Å². The van der Waals surface area contributed by atoms with Crippen LogP contribution in [0.25, 0.3) is 10.8 Å². The summed E-state index contributed by atoms with van der Waals surface area (Å²) in [6.07, 6.45) is 3.71. The molecule has 7 heteroatoms. The van der Waals surface area contributed by atoms with E-state index in [9.17, 15) is 14.9 Å². The molecule has 3 aliphatic rings. The average Bonchev–Trinajstić information content (AvgIpc) is 3.78. The van der Waals surface area contributed by atoms with Gasteiger partial charge >= 0.3 is 11.9 Å². The number of ether oxygens (including phenoxy) is 3. The zero-order valence-corrected chi connectivity index (χ0v) is 25.1. The van der Waals surface area contributed by atoms with E-state index in [1.54, 1.807) is 24.3 Å². The van der Waals surface area contributed by atoms with Gasteiger partial charge in [0.25, 0.3) is 0 Å². The number of nitrogens with zero attached hydrogens (tertiary/aromatic N) is 2. The number of hydrogen-bond donors (Lipinski definition) is 0. The smallest absolute Gasteiger partial charge is 0.311 e. The molecule has 4 aromatic carbocycles. The summed E-state index contributed by atoms with van der Waals surface area (Å²) in [5.74, 6) is 0.996. The van der Waals surface area contributed by atoms with Crippen molar-refractivity contribution in [2.24, 2.45) is 17.8 Å². The van der Waals surface area contributed by atoms with Gasteiger partial charge in [-0.25, -0.2) is 0 Å². The van der Waals surface area contributed by atoms with Crippen molar-refractivity contribution in [2.45, 2.75) is 50.2 Å². The summed E-state index contributed by atoms with van der Waals surface area (Å²) in [6, 6.07) is 32.7. The number of para-hydroxylation sites is 2. The van der Waals surface area contributed by atoms with Crippen LogP contribution in [0.5, 0.6) is 11.5 Å². The standard InChI is InChI=1S/C38H36N2O5/c39-23-26-18-19-34(31-16-8-7-15-30(26)31)40-24-32-33(25-40)38(21-20-35(32)45-38)27(22-37(42)44-29-13-5-2-6-14-29)10-9-17-36(41)43-28-11-3-1-4-12-28/h1-8,11-16,18-19,27,32-33,35H,9-10,17,20-22,24-25H2. The van der Waals surface area contributed by atoms with Gasteiger partial charge in [-0.1, -0.05) is 60.7 Å². The van der Waals surface area contributed by atoms with Gasteiger partial charge in [-0.2, -0.15) is 5.26 Å². The Kier molecular flexibility index (Phi) is 7.99. The molecule has 7 nitrogen and oxygen atoms in total. The maximum Gasteiger partial charge on any atom is 0.311 e. The van der Waals surface area contributed by atoms with E-state index in [-0.39, 0.29) is 42.7 Å². The topological polar surface area (TPSA) is 88.9 Å². The highest BCUT2D eigenvalue weighted by atomic mass is 16.5. The van der Waals surface area contributed by atoms with Crippen LogP contribution < -0.4 is 14.4 Å². The third-order valence-corrected chi connectivity index (χ3v) is 10.0. The van der Waals surface area contributed by atoms with Crippen molar-refractivity contribution in [2.75, 3.05) is 18.0 Å². The fourth-order valence-electron chi connectivity index (χ4n) is 8.07. The van der Waals surface area contributed by atoms with Gasteiger partial charge in [0.15, 0.2) is 0 Å². The van der Waals surface area contributed by atoms with Crippen LogP contribution in [0.3, 0.4) is 0 Å². The predicted molar refractivity (Wildman–Crippen MR) is 171 cm³/mol. The fraction of sp³-hybridized carbons (Fsp3) is 0.342. The second-order valence-corrected chi connectivity index (χ2v) is 12.5. The van der Waals surface area contributed by atoms with Gasteiger partial charge in [0.1, 0.15) is 11.5 Å². The lowest BCUT2D eigenvalue weighted by molar-refractivity contribution is -0.140. The lowest BCUT2D eigenvalue weighted by atomic mass is 9.66. The minimum absolute atomic E-state index is 0.101. The number of fused-ring (bicyclic) bond motifs is 6. The van der Waals surface area contributed by atoms with E-state index in [4.69, 9.17) is 14.2 Å². The van der Waals surface area contributed by atoms with Crippen LogP contribution in [-0.4, -0.2) is 36.7 Å². The second-order valence-electron chi connectivity index (χ2n) is 12.5. The highest BCUT2D eigenvalue weighted by molar-refractivity contribution is 5.98. The molecule has 0 N–H and O–H groups in total. The molecular weight excluding hydrogens is 564 g/mol. The quantitative estimate of drug-likeness (QED) is 0.142. The number of benzene rings is 4. The van der Waals surface area contributed by atoms with Gasteiger partial charge in [-0.15, -0.1) is 0 Å². The SMILES string of the molecule is N#Cc1ccc(N2CC3C4CCC(C(CCCC(=O)Oc5ccccc5)CC(=O)Oc5ccccc5)(O4)C3C2)c2ccccc12. The third-order valence-electron chi connectivity index (χ3n) is 10.0. The largest absolute Gasteiger partial charge is 0.427 e. The molecule has 5 unspecified atom stereocenters. The first kappa shape index (κ1) is 29.1. The molecule has 5 atom stereocenters. The van der Waals surface area contributed by atoms with Crippen LogP contribution >= 0.6 is 0 Å². The molecule has 0 amide bonds. The van der Waals surface area contributed by atoms with Gasteiger partial charge in [-0.3, -0.25) is 9.59 Å². The Morgan fingerprint density at radius 2 is 1.53 bits per heavy atom. The van der Waals surface area contributed by atoms with Gasteiger partial charge in [-0.05, 0) is 68.0 Å². The van der Waals surface area contributed by atoms with Crippen molar-refractivity contribution < 1.29 is 23.8 Å². The number of hydrogen-bond acceptors (Lipinski definition) is 7. The Balaban J connectivity index is 1.12. The summed E-state index contributed by atoms with van der Waals surface area (Å²) in [4.78, 5) is 28.5. The first-order valence-corrected chi connectivity index (χ1v) is 15.9. The van der Waals surface area contributed by atoms with Gasteiger partial charge < -0.3 is 19.1 Å². The first-order chi connectivity index (χ1) is 22.0. The summed E-state index contributed by atoms with van der Waals surface area (Å²) >= 11 is 0. The van der Waals surface area contributed by atoms with Gasteiger partial charge in [0.05, 0.1) is 29.8 Å². The molecule has 45 heavy (non-hydrogen) atoms. The highest BCUT2D eigenvalue weighted by Gasteiger charge is 2.64. The minimum Gasteiger partial charge on any atom is -0.427 e. The molecule has 0 radical (unpaired) electrons. The number of anilines is 1. The fourth-order valence-corrected chi connectivity index (χ4v) is 8.07. The number of nitriles is 1. The Bertz CT molecular complexity index is 1740. The normalized spacial score (nSPS) is 23.8. The van der Waals surface area contributed by atoms with Crippen molar-refractivity contribution in [3.63, 3.8) is 0 Å². The molecule has 2 bridgehead atoms. The van der Waals surface area contributed by atoms with Crippen LogP contribution in [0.4, 0.5) is 5.69 Å². The van der Waals surface area contributed by atoms with Crippen LogP contribution in [0, 0.1) is 29.1 Å². The highest BCUT2D eigenvalue weighted by Crippen LogP contribution is 2.59. The first-order valence-electron chi connectivity index (χ1n) is 15.9. The van der Waals surface area contributed by atoms with Crippen molar-refractivity contribution >= 4 is 28.4 Å². The molecule has 3 heterocycles. The number of carbonyl (C=O) groups is 2. The minimum atomic E-state index is -0.467. The average molecular weight is 601 g/mol. The third kappa shape index (κ3) is 5.67. The molecule has 0 saturated carbocycles. The molecule has 3 fully saturated rings. The van der Waals surface area contributed by atoms with Crippen LogP contribution in [0.15, 0.2) is 97.1 Å². The van der Waals surface area contributed by atoms with Crippen LogP contribution in [0.1, 0.15) is 44.1 Å². The monoisotopic (exact) mass is 600 g/mol. The number of esters is 2. The predicted octanol–water partition coefficient (Wildman–Crippen LogP) is 7.08. The van der Waals surface area contributed by atoms with Crippen molar-refractivity contribution in [3.05, 3.63) is 103 Å². The van der Waals surface area contributed by atoms with Crippen molar-refractivity contribution in [1.29, 1.82) is 5.26 Å². The molecule has 0 aromatic heterocycles. The Morgan fingerprint density at radius 1 is 0.867 bits per heavy atom. The molecule has 7 rings (SSSR count).